The minimum Gasteiger partial charge on any atom is -0.497 e. The summed E-state index contributed by atoms with van der Waals surface area (Å²) in [4.78, 5) is 4.26. The van der Waals surface area contributed by atoms with E-state index in [4.69, 9.17) is 10.5 Å². The lowest BCUT2D eigenvalue weighted by molar-refractivity contribution is 0.415. The van der Waals surface area contributed by atoms with Gasteiger partial charge in [-0.2, -0.15) is 0 Å². The van der Waals surface area contributed by atoms with E-state index in [1.54, 1.807) is 7.11 Å². The van der Waals surface area contributed by atoms with Crippen LogP contribution in [0.5, 0.6) is 5.75 Å². The van der Waals surface area contributed by atoms with Gasteiger partial charge in [-0.1, -0.05) is 12.8 Å². The van der Waals surface area contributed by atoms with Crippen molar-refractivity contribution in [2.45, 2.75) is 30.4 Å². The number of rotatable bonds is 5. The number of nitrogens with zero attached hydrogens (tertiary/aromatic N) is 1. The SMILES string of the molecule is COc1ccc(NC(N)=NCC2(S(C)(=O)=O)CCCC2)cc1.I. The van der Waals surface area contributed by atoms with Crippen molar-refractivity contribution >= 4 is 45.5 Å². The molecule has 1 aromatic rings. The van der Waals surface area contributed by atoms with Crippen LogP contribution < -0.4 is 15.8 Å². The van der Waals surface area contributed by atoms with E-state index in [-0.39, 0.29) is 36.5 Å². The fraction of sp³-hybridized carbons (Fsp3) is 0.533. The smallest absolute Gasteiger partial charge is 0.193 e. The summed E-state index contributed by atoms with van der Waals surface area (Å²) in [5.74, 6) is 0.975. The molecule has 1 aromatic carbocycles. The molecule has 130 valence electrons. The lowest BCUT2D eigenvalue weighted by Crippen LogP contribution is -2.39. The second-order valence-corrected chi connectivity index (χ2v) is 8.13. The first-order valence-corrected chi connectivity index (χ1v) is 9.16. The van der Waals surface area contributed by atoms with Crippen molar-refractivity contribution in [2.24, 2.45) is 10.7 Å². The van der Waals surface area contributed by atoms with E-state index in [0.717, 1.165) is 24.3 Å². The first-order valence-electron chi connectivity index (χ1n) is 7.27. The van der Waals surface area contributed by atoms with Crippen LogP contribution in [0, 0.1) is 0 Å². The molecular weight excluding hydrogens is 429 g/mol. The fourth-order valence-electron chi connectivity index (χ4n) is 2.76. The Morgan fingerprint density at radius 1 is 1.30 bits per heavy atom. The molecule has 0 unspecified atom stereocenters. The van der Waals surface area contributed by atoms with Crippen LogP contribution in [-0.4, -0.2) is 39.0 Å². The van der Waals surface area contributed by atoms with Gasteiger partial charge in [0, 0.05) is 11.9 Å². The van der Waals surface area contributed by atoms with Crippen molar-refractivity contribution in [2.75, 3.05) is 25.2 Å². The van der Waals surface area contributed by atoms with E-state index >= 15 is 0 Å². The van der Waals surface area contributed by atoms with Gasteiger partial charge in [-0.3, -0.25) is 4.99 Å². The van der Waals surface area contributed by atoms with Crippen molar-refractivity contribution in [1.29, 1.82) is 0 Å². The number of nitrogens with one attached hydrogen (secondary N) is 1. The lowest BCUT2D eigenvalue weighted by atomic mass is 10.1. The third-order valence-corrected chi connectivity index (χ3v) is 6.31. The van der Waals surface area contributed by atoms with Gasteiger partial charge in [-0.15, -0.1) is 24.0 Å². The zero-order valence-corrected chi connectivity index (χ0v) is 16.6. The molecule has 1 fully saturated rings. The number of sulfone groups is 1. The van der Waals surface area contributed by atoms with E-state index in [1.807, 2.05) is 24.3 Å². The number of anilines is 1. The number of nitrogens with two attached hydrogens (primary N) is 1. The molecule has 0 heterocycles. The summed E-state index contributed by atoms with van der Waals surface area (Å²) in [6, 6.07) is 7.27. The van der Waals surface area contributed by atoms with E-state index in [9.17, 15) is 8.42 Å². The van der Waals surface area contributed by atoms with E-state index < -0.39 is 14.6 Å². The van der Waals surface area contributed by atoms with Crippen molar-refractivity contribution in [3.8, 4) is 5.75 Å². The molecule has 0 bridgehead atoms. The Hall–Kier alpha value is -1.03. The Balaban J connectivity index is 0.00000264. The van der Waals surface area contributed by atoms with Gasteiger partial charge in [0.25, 0.3) is 0 Å². The molecular formula is C15H24IN3O3S. The van der Waals surface area contributed by atoms with Crippen molar-refractivity contribution < 1.29 is 13.2 Å². The quantitative estimate of drug-likeness (QED) is 0.406. The summed E-state index contributed by atoms with van der Waals surface area (Å²) in [6.45, 7) is 0.209. The summed E-state index contributed by atoms with van der Waals surface area (Å²) in [6.07, 6.45) is 4.46. The topological polar surface area (TPSA) is 93.8 Å². The second-order valence-electron chi connectivity index (χ2n) is 5.72. The standard InChI is InChI=1S/C15H23N3O3S.HI/c1-21-13-7-5-12(6-8-13)18-14(16)17-11-15(22(2,19)20)9-3-4-10-15;/h5-8H,3-4,9-11H2,1-2H3,(H3,16,17,18);1H. The van der Waals surface area contributed by atoms with Crippen molar-refractivity contribution in [3.63, 3.8) is 0 Å². The van der Waals surface area contributed by atoms with Crippen LogP contribution in [0.15, 0.2) is 29.3 Å². The molecule has 0 amide bonds. The first-order chi connectivity index (χ1) is 10.4. The highest BCUT2D eigenvalue weighted by Gasteiger charge is 2.43. The highest BCUT2D eigenvalue weighted by molar-refractivity contribution is 14.0. The zero-order chi connectivity index (χ0) is 16.2. The Morgan fingerprint density at radius 3 is 2.35 bits per heavy atom. The minimum atomic E-state index is -3.15. The average Bonchev–Trinajstić information content (AvgIpc) is 2.96. The highest BCUT2D eigenvalue weighted by Crippen LogP contribution is 2.36. The highest BCUT2D eigenvalue weighted by atomic mass is 127. The predicted molar refractivity (Wildman–Crippen MR) is 105 cm³/mol. The Morgan fingerprint density at radius 2 is 1.87 bits per heavy atom. The number of aliphatic imine (C=N–C) groups is 1. The normalized spacial score (nSPS) is 17.4. The summed E-state index contributed by atoms with van der Waals surface area (Å²) in [5, 5.41) is 2.96. The fourth-order valence-corrected chi connectivity index (χ4v) is 4.09. The molecule has 1 saturated carbocycles. The molecule has 23 heavy (non-hydrogen) atoms. The number of hydrogen-bond donors (Lipinski definition) is 2. The minimum absolute atomic E-state index is 0. The van der Waals surface area contributed by atoms with Crippen LogP contribution in [0.4, 0.5) is 5.69 Å². The van der Waals surface area contributed by atoms with Gasteiger partial charge < -0.3 is 15.8 Å². The third kappa shape index (κ3) is 4.97. The van der Waals surface area contributed by atoms with Gasteiger partial charge >= 0.3 is 0 Å². The second kappa shape index (κ2) is 8.18. The zero-order valence-electron chi connectivity index (χ0n) is 13.4. The maximum atomic E-state index is 12.1. The molecule has 6 nitrogen and oxygen atoms in total. The van der Waals surface area contributed by atoms with Crippen molar-refractivity contribution in [1.82, 2.24) is 0 Å². The van der Waals surface area contributed by atoms with Crippen LogP contribution in [-0.2, 0) is 9.84 Å². The average molecular weight is 453 g/mol. The molecule has 0 radical (unpaired) electrons. The number of guanidine groups is 1. The predicted octanol–water partition coefficient (Wildman–Crippen LogP) is 2.40. The number of benzene rings is 1. The van der Waals surface area contributed by atoms with Gasteiger partial charge in [-0.05, 0) is 37.1 Å². The van der Waals surface area contributed by atoms with Crippen LogP contribution in [0.25, 0.3) is 0 Å². The van der Waals surface area contributed by atoms with Gasteiger partial charge in [0.05, 0.1) is 18.4 Å². The molecule has 2 rings (SSSR count). The largest absolute Gasteiger partial charge is 0.497 e. The summed E-state index contributed by atoms with van der Waals surface area (Å²) in [7, 11) is -1.55. The molecule has 1 aliphatic rings. The maximum absolute atomic E-state index is 12.1. The summed E-state index contributed by atoms with van der Waals surface area (Å²) in [5.41, 5.74) is 6.65. The number of ether oxygens (including phenoxy) is 1. The molecule has 0 aromatic heterocycles. The number of halogens is 1. The molecule has 0 atom stereocenters. The molecule has 1 aliphatic carbocycles. The summed E-state index contributed by atoms with van der Waals surface area (Å²) >= 11 is 0. The van der Waals surface area contributed by atoms with E-state index in [0.29, 0.717) is 12.8 Å². The molecule has 0 aliphatic heterocycles. The van der Waals surface area contributed by atoms with Gasteiger partial charge in [0.1, 0.15) is 5.75 Å². The van der Waals surface area contributed by atoms with Crippen LogP contribution in [0.1, 0.15) is 25.7 Å². The first kappa shape index (κ1) is 20.0. The lowest BCUT2D eigenvalue weighted by Gasteiger charge is -2.24. The van der Waals surface area contributed by atoms with Gasteiger partial charge in [0.2, 0.25) is 0 Å². The van der Waals surface area contributed by atoms with E-state index in [1.165, 1.54) is 6.26 Å². The van der Waals surface area contributed by atoms with E-state index in [2.05, 4.69) is 10.3 Å². The Kier molecular flexibility index (Phi) is 7.12. The number of hydrogen-bond acceptors (Lipinski definition) is 4. The molecule has 0 saturated heterocycles. The Bertz CT molecular complexity index is 638. The van der Waals surface area contributed by atoms with Gasteiger partial charge in [0.15, 0.2) is 15.8 Å². The third-order valence-electron chi connectivity index (χ3n) is 4.20. The summed E-state index contributed by atoms with van der Waals surface area (Å²) < 4.78 is 28.4. The molecule has 8 heteroatoms. The molecule has 3 N–H and O–H groups in total. The van der Waals surface area contributed by atoms with Gasteiger partial charge in [-0.25, -0.2) is 8.42 Å². The monoisotopic (exact) mass is 453 g/mol. The van der Waals surface area contributed by atoms with Crippen LogP contribution in [0.3, 0.4) is 0 Å². The Labute approximate surface area is 154 Å². The van der Waals surface area contributed by atoms with Crippen LogP contribution in [0.2, 0.25) is 0 Å². The maximum Gasteiger partial charge on any atom is 0.193 e. The van der Waals surface area contributed by atoms with Crippen LogP contribution >= 0.6 is 24.0 Å². The molecule has 0 spiro atoms. The van der Waals surface area contributed by atoms with Crippen molar-refractivity contribution in [3.05, 3.63) is 24.3 Å². The number of methoxy groups -OCH3 is 1.